The van der Waals surface area contributed by atoms with Gasteiger partial charge in [0.1, 0.15) is 18.2 Å². The third-order valence-corrected chi connectivity index (χ3v) is 1.67. The Morgan fingerprint density at radius 2 is 1.92 bits per heavy atom. The maximum absolute atomic E-state index is 12.6. The molecule has 0 aromatic heterocycles. The van der Waals surface area contributed by atoms with Crippen LogP contribution in [0.25, 0.3) is 0 Å². The monoisotopic (exact) mass is 174 g/mol. The number of aliphatic imine (C=N–C) groups is 2. The maximum Gasteiger partial charge on any atom is 0.370 e. The molecule has 1 aromatic carbocycles. The average Bonchev–Trinajstić information content (AvgIpc) is 2.20. The molecule has 2 rings (SSSR count). The van der Waals surface area contributed by atoms with E-state index in [9.17, 15) is 4.39 Å². The predicted octanol–water partition coefficient (Wildman–Crippen LogP) is 1.51. The number of nitrogens with zero attached hydrogens (tertiary/aromatic N) is 2. The minimum atomic E-state index is -0.250. The zero-order chi connectivity index (χ0) is 9.10. The largest absolute Gasteiger partial charge is 0.370 e. The van der Waals surface area contributed by atoms with Crippen LogP contribution in [0, 0.1) is 5.82 Å². The lowest BCUT2D eigenvalue weighted by Gasteiger charge is -1.91. The average molecular weight is 174 g/mol. The molecular weight excluding hydrogens is 167 g/mol. The molecule has 63 valence electrons. The van der Waals surface area contributed by atoms with Gasteiger partial charge >= 0.3 is 5.84 Å². The Kier molecular flexibility index (Phi) is 2.00. The lowest BCUT2D eigenvalue weighted by molar-refractivity contribution is 0.628. The highest BCUT2D eigenvalue weighted by atomic mass is 19.1. The second-order valence-electron chi connectivity index (χ2n) is 2.58. The molecule has 2 nitrogen and oxygen atoms in total. The molecule has 1 heterocycles. The molecule has 0 saturated heterocycles. The minimum absolute atomic E-state index is 0.250. The van der Waals surface area contributed by atoms with Crippen LogP contribution in [0.4, 0.5) is 4.39 Å². The summed E-state index contributed by atoms with van der Waals surface area (Å²) in [5, 5.41) is 0. The first-order valence-electron chi connectivity index (χ1n) is 3.89. The van der Waals surface area contributed by atoms with Gasteiger partial charge in [0, 0.05) is 6.08 Å². The molecule has 0 bridgehead atoms. The van der Waals surface area contributed by atoms with Gasteiger partial charge in [0.25, 0.3) is 0 Å². The summed E-state index contributed by atoms with van der Waals surface area (Å²) in [5.74, 6) is 0.363. The maximum atomic E-state index is 12.6. The van der Waals surface area contributed by atoms with E-state index in [2.05, 4.69) is 9.98 Å². The highest BCUT2D eigenvalue weighted by Gasteiger charge is 2.12. The van der Waals surface area contributed by atoms with Crippen molar-refractivity contribution >= 4 is 12.1 Å². The highest BCUT2D eigenvalue weighted by molar-refractivity contribution is 6.03. The lowest BCUT2D eigenvalue weighted by Crippen LogP contribution is -2.09. The molecule has 13 heavy (non-hydrogen) atoms. The van der Waals surface area contributed by atoms with E-state index in [4.69, 9.17) is 0 Å². The van der Waals surface area contributed by atoms with E-state index in [1.165, 1.54) is 12.1 Å². The fraction of sp³-hybridized carbons (Fsp3) is 0. The Hall–Kier alpha value is -1.77. The Morgan fingerprint density at radius 1 is 1.15 bits per heavy atom. The number of benzene rings is 1. The van der Waals surface area contributed by atoms with Gasteiger partial charge in [-0.05, 0) is 34.3 Å². The summed E-state index contributed by atoms with van der Waals surface area (Å²) < 4.78 is 12.6. The van der Waals surface area contributed by atoms with Crippen molar-refractivity contribution < 1.29 is 4.39 Å². The van der Waals surface area contributed by atoms with Gasteiger partial charge in [-0.2, -0.15) is 0 Å². The quantitative estimate of drug-likeness (QED) is 0.617. The van der Waals surface area contributed by atoms with E-state index >= 15 is 0 Å². The molecule has 0 amide bonds. The van der Waals surface area contributed by atoms with Crippen LogP contribution in [-0.4, -0.2) is 12.1 Å². The van der Waals surface area contributed by atoms with Gasteiger partial charge in [0.2, 0.25) is 0 Å². The van der Waals surface area contributed by atoms with Gasteiger partial charge in [-0.15, -0.1) is 0 Å². The lowest BCUT2D eigenvalue weighted by atomic mass is 10.2. The van der Waals surface area contributed by atoms with Gasteiger partial charge in [-0.1, -0.05) is 0 Å². The van der Waals surface area contributed by atoms with Crippen molar-refractivity contribution in [1.82, 2.24) is 4.99 Å². The third-order valence-electron chi connectivity index (χ3n) is 1.67. The van der Waals surface area contributed by atoms with Gasteiger partial charge in [-0.25, -0.2) is 4.39 Å². The number of amidine groups is 1. The molecule has 0 unspecified atom stereocenters. The molecular formula is C10H7FN2+. The van der Waals surface area contributed by atoms with Crippen LogP contribution in [0.15, 0.2) is 41.5 Å². The zero-order valence-electron chi connectivity index (χ0n) is 6.81. The summed E-state index contributed by atoms with van der Waals surface area (Å²) in [6.07, 6.45) is 5.06. The molecule has 3 heteroatoms. The first-order valence-corrected chi connectivity index (χ1v) is 3.89. The second-order valence-corrected chi connectivity index (χ2v) is 2.58. The minimum Gasteiger partial charge on any atom is -0.207 e. The number of hydrogen-bond acceptors (Lipinski definition) is 2. The van der Waals surface area contributed by atoms with Crippen LogP contribution in [0.2, 0.25) is 0 Å². The van der Waals surface area contributed by atoms with E-state index in [1.807, 2.05) is 0 Å². The first kappa shape index (κ1) is 7.86. The van der Waals surface area contributed by atoms with Crippen LogP contribution < -0.4 is 4.99 Å². The van der Waals surface area contributed by atoms with Gasteiger partial charge < -0.3 is 0 Å². The summed E-state index contributed by atoms with van der Waals surface area (Å²) in [7, 11) is 0. The molecule has 1 aliphatic rings. The number of halogens is 1. The van der Waals surface area contributed by atoms with Crippen LogP contribution in [-0.2, 0) is 0 Å². The van der Waals surface area contributed by atoms with Gasteiger partial charge in [-0.3, -0.25) is 0 Å². The Balaban J connectivity index is 2.36. The van der Waals surface area contributed by atoms with E-state index in [0.717, 1.165) is 5.56 Å². The fourth-order valence-corrected chi connectivity index (χ4v) is 1.05. The molecule has 0 spiro atoms. The molecule has 1 aliphatic heterocycles. The third kappa shape index (κ3) is 1.69. The Morgan fingerprint density at radius 3 is 2.54 bits per heavy atom. The first-order chi connectivity index (χ1) is 6.36. The smallest absolute Gasteiger partial charge is 0.207 e. The molecule has 1 aromatic rings. The predicted molar refractivity (Wildman–Crippen MR) is 50.3 cm³/mol. The fourth-order valence-electron chi connectivity index (χ4n) is 1.05. The molecule has 0 fully saturated rings. The van der Waals surface area contributed by atoms with Crippen LogP contribution in [0.1, 0.15) is 5.56 Å². The molecule has 0 aliphatic carbocycles. The normalized spacial score (nSPS) is 14.4. The van der Waals surface area contributed by atoms with E-state index in [0.29, 0.717) is 5.84 Å². The van der Waals surface area contributed by atoms with Gasteiger partial charge in [0.15, 0.2) is 0 Å². The van der Waals surface area contributed by atoms with Crippen molar-refractivity contribution in [1.29, 1.82) is 0 Å². The molecule has 0 N–H and O–H groups in total. The Bertz CT molecular complexity index is 388. The van der Waals surface area contributed by atoms with Crippen molar-refractivity contribution in [2.45, 2.75) is 0 Å². The van der Waals surface area contributed by atoms with Crippen molar-refractivity contribution in [3.63, 3.8) is 0 Å². The second kappa shape index (κ2) is 3.31. The number of allylic oxidation sites excluding steroid dienone is 1. The molecule has 0 atom stereocenters. The van der Waals surface area contributed by atoms with E-state index < -0.39 is 0 Å². The van der Waals surface area contributed by atoms with Gasteiger partial charge in [0.05, 0.1) is 5.56 Å². The van der Waals surface area contributed by atoms with Crippen molar-refractivity contribution in [3.05, 3.63) is 47.9 Å². The summed E-state index contributed by atoms with van der Waals surface area (Å²) in [6.45, 7) is 0. The highest BCUT2D eigenvalue weighted by Crippen LogP contribution is 2.04. The van der Waals surface area contributed by atoms with Crippen LogP contribution in [0.3, 0.4) is 0 Å². The van der Waals surface area contributed by atoms with E-state index in [1.54, 1.807) is 30.6 Å². The molecule has 1 radical (unpaired) electrons. The standard InChI is InChI=1S/C10H7FN2/c11-9-4-2-8(3-5-9)10-12-6-1-7-13-10/h1-7H/q+1. The van der Waals surface area contributed by atoms with Crippen LogP contribution >= 0.6 is 0 Å². The van der Waals surface area contributed by atoms with Crippen molar-refractivity contribution in [2.75, 3.05) is 0 Å². The SMILES string of the molecule is Fc1ccc(C2=NC=CC=[N+]2)cc1. The summed E-state index contributed by atoms with van der Waals surface area (Å²) in [5.41, 5.74) is 0.821. The summed E-state index contributed by atoms with van der Waals surface area (Å²) in [6, 6.07) is 6.10. The summed E-state index contributed by atoms with van der Waals surface area (Å²) in [4.78, 5) is 8.09. The summed E-state index contributed by atoms with van der Waals surface area (Å²) >= 11 is 0. The topological polar surface area (TPSA) is 26.5 Å². The van der Waals surface area contributed by atoms with E-state index in [-0.39, 0.29) is 5.82 Å². The number of hydrogen-bond donors (Lipinski definition) is 0. The zero-order valence-corrected chi connectivity index (χ0v) is 6.81. The van der Waals surface area contributed by atoms with Crippen molar-refractivity contribution in [2.24, 2.45) is 4.99 Å². The number of rotatable bonds is 1. The van der Waals surface area contributed by atoms with Crippen molar-refractivity contribution in [3.8, 4) is 0 Å². The van der Waals surface area contributed by atoms with Crippen LogP contribution in [0.5, 0.6) is 0 Å². The Labute approximate surface area is 75.2 Å². The molecule has 0 saturated carbocycles.